The van der Waals surface area contributed by atoms with Crippen LogP contribution in [0.2, 0.25) is 0 Å². The average molecular weight is 260 g/mol. The summed E-state index contributed by atoms with van der Waals surface area (Å²) in [4.78, 5) is 25.0. The molecule has 1 aliphatic carbocycles. The maximum absolute atomic E-state index is 12.4. The van der Waals surface area contributed by atoms with Gasteiger partial charge >= 0.3 is 6.03 Å². The molecule has 6 nitrogen and oxygen atoms in total. The second-order valence-corrected chi connectivity index (χ2v) is 5.82. The minimum Gasteiger partial charge on any atom is -0.351 e. The van der Waals surface area contributed by atoms with E-state index >= 15 is 0 Å². The van der Waals surface area contributed by atoms with Crippen LogP contribution >= 0.6 is 0 Å². The lowest BCUT2D eigenvalue weighted by Crippen LogP contribution is -2.67. The summed E-state index contributed by atoms with van der Waals surface area (Å²) in [6.45, 7) is 1.89. The van der Waals surface area contributed by atoms with Crippen molar-refractivity contribution in [2.75, 3.05) is 0 Å². The Morgan fingerprint density at radius 2 is 2.21 bits per heavy atom. The fourth-order valence-corrected chi connectivity index (χ4v) is 3.78. The van der Waals surface area contributed by atoms with Crippen LogP contribution in [0, 0.1) is 34.0 Å². The van der Waals surface area contributed by atoms with Crippen LogP contribution in [-0.2, 0) is 4.79 Å². The van der Waals surface area contributed by atoms with Crippen molar-refractivity contribution in [3.8, 4) is 12.1 Å². The maximum Gasteiger partial charge on any atom is 0.322 e. The second-order valence-electron chi connectivity index (χ2n) is 5.82. The van der Waals surface area contributed by atoms with Gasteiger partial charge in [-0.05, 0) is 24.7 Å². The summed E-state index contributed by atoms with van der Waals surface area (Å²) in [5, 5.41) is 18.3. The van der Waals surface area contributed by atoms with Gasteiger partial charge in [0, 0.05) is 0 Å². The van der Waals surface area contributed by atoms with Crippen LogP contribution < -0.4 is 5.73 Å². The highest BCUT2D eigenvalue weighted by molar-refractivity contribution is 5.98. The van der Waals surface area contributed by atoms with Crippen LogP contribution in [0.3, 0.4) is 0 Å². The van der Waals surface area contributed by atoms with Crippen molar-refractivity contribution >= 4 is 11.9 Å². The lowest BCUT2D eigenvalue weighted by molar-refractivity contribution is -0.153. The lowest BCUT2D eigenvalue weighted by Gasteiger charge is -2.55. The molecule has 100 valence electrons. The monoisotopic (exact) mass is 260 g/mol. The molecule has 0 aromatic heterocycles. The molecular formula is C13H16N4O2. The largest absolute Gasteiger partial charge is 0.351 e. The minimum atomic E-state index is -0.857. The number of hydrogen-bond acceptors (Lipinski definition) is 4. The Labute approximate surface area is 111 Å². The van der Waals surface area contributed by atoms with E-state index in [0.29, 0.717) is 12.8 Å². The van der Waals surface area contributed by atoms with Crippen LogP contribution in [0.1, 0.15) is 39.0 Å². The van der Waals surface area contributed by atoms with Crippen LogP contribution in [0.4, 0.5) is 4.79 Å². The van der Waals surface area contributed by atoms with Gasteiger partial charge in [0.15, 0.2) is 0 Å². The van der Waals surface area contributed by atoms with Crippen LogP contribution in [0.5, 0.6) is 0 Å². The number of nitriles is 2. The molecule has 2 N–H and O–H groups in total. The third kappa shape index (κ3) is 1.76. The van der Waals surface area contributed by atoms with Crippen LogP contribution in [0.25, 0.3) is 0 Å². The van der Waals surface area contributed by atoms with Crippen molar-refractivity contribution in [3.05, 3.63) is 0 Å². The van der Waals surface area contributed by atoms with Gasteiger partial charge in [-0.25, -0.2) is 4.79 Å². The minimum absolute atomic E-state index is 0.0788. The number of carbonyl (C=O) groups is 2. The van der Waals surface area contributed by atoms with Gasteiger partial charge in [-0.1, -0.05) is 13.3 Å². The van der Waals surface area contributed by atoms with Crippen LogP contribution in [0.15, 0.2) is 0 Å². The summed E-state index contributed by atoms with van der Waals surface area (Å²) < 4.78 is 0. The lowest BCUT2D eigenvalue weighted by atomic mass is 9.57. The first-order valence-corrected chi connectivity index (χ1v) is 6.30. The first-order chi connectivity index (χ1) is 8.90. The second kappa shape index (κ2) is 4.24. The fourth-order valence-electron chi connectivity index (χ4n) is 3.78. The normalized spacial score (nSPS) is 37.3. The number of primary amides is 1. The van der Waals surface area contributed by atoms with Crippen molar-refractivity contribution in [2.45, 2.75) is 44.6 Å². The number of hydrogen-bond donors (Lipinski definition) is 1. The van der Waals surface area contributed by atoms with Gasteiger partial charge in [-0.2, -0.15) is 10.5 Å². The van der Waals surface area contributed by atoms with Crippen LogP contribution in [-0.4, -0.2) is 22.4 Å². The standard InChI is InChI=1S/C13H16N4O2/c1-12-3-2-4-13(8-12,5-6-14)17(11(16)19)10(18)9(12)7-15/h9H,2-5,8H2,1H3,(H2,16,19)/t9-,12+,13+/m0/s1. The molecule has 0 aromatic rings. The molecular weight excluding hydrogens is 244 g/mol. The molecule has 2 bridgehead atoms. The van der Waals surface area contributed by atoms with Gasteiger partial charge in [0.25, 0.3) is 0 Å². The molecule has 19 heavy (non-hydrogen) atoms. The Bertz CT molecular complexity index is 518. The quantitative estimate of drug-likeness (QED) is 0.765. The van der Waals surface area contributed by atoms with E-state index in [1.807, 2.05) is 13.0 Å². The molecule has 0 aromatic carbocycles. The molecule has 2 rings (SSSR count). The number of likely N-dealkylation sites (tertiary alicyclic amines) is 1. The molecule has 1 saturated carbocycles. The Hall–Kier alpha value is -2.08. The number of fused-ring (bicyclic) bond motifs is 2. The Morgan fingerprint density at radius 3 is 2.74 bits per heavy atom. The summed E-state index contributed by atoms with van der Waals surface area (Å²) >= 11 is 0. The topological polar surface area (TPSA) is 111 Å². The van der Waals surface area contributed by atoms with E-state index in [1.165, 1.54) is 0 Å². The molecule has 1 heterocycles. The zero-order chi connectivity index (χ0) is 14.3. The summed E-state index contributed by atoms with van der Waals surface area (Å²) in [6, 6.07) is 3.21. The van der Waals surface area contributed by atoms with Gasteiger partial charge in [0.2, 0.25) is 5.91 Å². The number of amides is 3. The predicted octanol–water partition coefficient (Wildman–Crippen LogP) is 1.28. The molecule has 3 amide bonds. The van der Waals surface area contributed by atoms with Crippen molar-refractivity contribution in [3.63, 3.8) is 0 Å². The van der Waals surface area contributed by atoms with Gasteiger partial charge in [0.1, 0.15) is 5.92 Å². The molecule has 1 aliphatic heterocycles. The summed E-state index contributed by atoms with van der Waals surface area (Å²) in [7, 11) is 0. The van der Waals surface area contributed by atoms with Crippen molar-refractivity contribution < 1.29 is 9.59 Å². The van der Waals surface area contributed by atoms with E-state index < -0.39 is 28.8 Å². The molecule has 6 heteroatoms. The first kappa shape index (κ1) is 13.4. The SMILES string of the molecule is C[C@@]12CCC[C@@](CC#N)(C1)N(C(N)=O)C(=O)[C@@H]2C#N. The molecule has 0 spiro atoms. The third-order valence-corrected chi connectivity index (χ3v) is 4.52. The van der Waals surface area contributed by atoms with Crippen molar-refractivity contribution in [1.29, 1.82) is 10.5 Å². The smallest absolute Gasteiger partial charge is 0.322 e. The Balaban J connectivity index is 2.54. The first-order valence-electron chi connectivity index (χ1n) is 6.30. The highest BCUT2D eigenvalue weighted by Gasteiger charge is 2.59. The number of nitrogens with two attached hydrogens (primary N) is 1. The van der Waals surface area contributed by atoms with E-state index in [0.717, 1.165) is 17.7 Å². The number of piperidine rings is 1. The van der Waals surface area contributed by atoms with E-state index in [1.54, 1.807) is 0 Å². The van der Waals surface area contributed by atoms with E-state index in [9.17, 15) is 14.9 Å². The molecule has 1 saturated heterocycles. The Morgan fingerprint density at radius 1 is 1.53 bits per heavy atom. The van der Waals surface area contributed by atoms with Crippen molar-refractivity contribution in [2.24, 2.45) is 17.1 Å². The number of urea groups is 1. The summed E-state index contributed by atoms with van der Waals surface area (Å²) in [6.07, 6.45) is 2.70. The van der Waals surface area contributed by atoms with Gasteiger partial charge in [-0.3, -0.25) is 9.69 Å². The Kier molecular flexibility index (Phi) is 2.98. The van der Waals surface area contributed by atoms with Gasteiger partial charge in [-0.15, -0.1) is 0 Å². The molecule has 0 radical (unpaired) electrons. The summed E-state index contributed by atoms with van der Waals surface area (Å²) in [5.41, 5.74) is 4.03. The molecule has 3 atom stereocenters. The number of imide groups is 1. The predicted molar refractivity (Wildman–Crippen MR) is 65.1 cm³/mol. The number of carbonyl (C=O) groups excluding carboxylic acids is 2. The number of rotatable bonds is 1. The number of nitrogens with zero attached hydrogens (tertiary/aromatic N) is 3. The molecule has 0 unspecified atom stereocenters. The van der Waals surface area contributed by atoms with Gasteiger partial charge in [0.05, 0.1) is 24.1 Å². The zero-order valence-electron chi connectivity index (χ0n) is 10.8. The summed E-state index contributed by atoms with van der Waals surface area (Å²) in [5.74, 6) is -1.40. The highest BCUT2D eigenvalue weighted by atomic mass is 16.2. The van der Waals surface area contributed by atoms with E-state index in [2.05, 4.69) is 6.07 Å². The molecule has 2 fully saturated rings. The fraction of sp³-hybridized carbons (Fsp3) is 0.692. The third-order valence-electron chi connectivity index (χ3n) is 4.52. The van der Waals surface area contributed by atoms with E-state index in [-0.39, 0.29) is 6.42 Å². The average Bonchev–Trinajstić information content (AvgIpc) is 2.27. The highest BCUT2D eigenvalue weighted by Crippen LogP contribution is 2.54. The maximum atomic E-state index is 12.4. The van der Waals surface area contributed by atoms with Gasteiger partial charge < -0.3 is 5.73 Å². The van der Waals surface area contributed by atoms with E-state index in [4.69, 9.17) is 11.0 Å². The van der Waals surface area contributed by atoms with Crippen molar-refractivity contribution in [1.82, 2.24) is 4.90 Å². The molecule has 2 aliphatic rings. The zero-order valence-corrected chi connectivity index (χ0v) is 10.8.